The first kappa shape index (κ1) is 15.9. The van der Waals surface area contributed by atoms with Crippen molar-refractivity contribution in [2.24, 2.45) is 0 Å². The second-order valence-electron chi connectivity index (χ2n) is 5.37. The molecule has 0 aromatic heterocycles. The Morgan fingerprint density at radius 1 is 1.30 bits per heavy atom. The Balaban J connectivity index is 2.09. The zero-order valence-electron chi connectivity index (χ0n) is 11.7. The number of benzene rings is 1. The van der Waals surface area contributed by atoms with E-state index in [4.69, 9.17) is 0 Å². The third-order valence-corrected chi connectivity index (χ3v) is 4.79. The third kappa shape index (κ3) is 3.61. The van der Waals surface area contributed by atoms with Gasteiger partial charge in [0, 0.05) is 35.1 Å². The summed E-state index contributed by atoms with van der Waals surface area (Å²) in [5.41, 5.74) is 0.274. The van der Waals surface area contributed by atoms with Crippen LogP contribution in [0.2, 0.25) is 0 Å². The molecule has 1 aliphatic heterocycles. The minimum absolute atomic E-state index is 0.0161. The summed E-state index contributed by atoms with van der Waals surface area (Å²) in [6.45, 7) is 7.59. The van der Waals surface area contributed by atoms with Gasteiger partial charge in [-0.1, -0.05) is 15.9 Å². The van der Waals surface area contributed by atoms with Crippen LogP contribution in [0.4, 0.5) is 5.69 Å². The molecule has 2 rings (SSSR count). The summed E-state index contributed by atoms with van der Waals surface area (Å²) in [5, 5.41) is 6.31. The minimum Gasteiger partial charge on any atom is -0.323 e. The van der Waals surface area contributed by atoms with E-state index in [1.165, 1.54) is 0 Å². The maximum absolute atomic E-state index is 12.6. The molecule has 0 bridgehead atoms. The zero-order chi connectivity index (χ0) is 14.8. The maximum Gasteiger partial charge on any atom is 0.244 e. The quantitative estimate of drug-likeness (QED) is 0.814. The summed E-state index contributed by atoms with van der Waals surface area (Å²) < 4.78 is 1.85. The molecular formula is C14H19Br2N3O. The first-order valence-corrected chi connectivity index (χ1v) is 8.22. The molecule has 1 aliphatic rings. The highest BCUT2D eigenvalue weighted by Gasteiger charge is 2.35. The summed E-state index contributed by atoms with van der Waals surface area (Å²) in [5.74, 6) is 0.0161. The molecule has 0 radical (unpaired) electrons. The van der Waals surface area contributed by atoms with Crippen LogP contribution in [0.5, 0.6) is 0 Å². The summed E-state index contributed by atoms with van der Waals surface area (Å²) >= 11 is 6.88. The highest BCUT2D eigenvalue weighted by Crippen LogP contribution is 2.27. The first-order chi connectivity index (χ1) is 9.41. The fraction of sp³-hybridized carbons (Fsp3) is 0.500. The van der Waals surface area contributed by atoms with Crippen molar-refractivity contribution < 1.29 is 4.79 Å². The van der Waals surface area contributed by atoms with Crippen LogP contribution in [-0.4, -0.2) is 42.5 Å². The van der Waals surface area contributed by atoms with Gasteiger partial charge in [-0.3, -0.25) is 9.69 Å². The molecule has 1 aromatic carbocycles. The smallest absolute Gasteiger partial charge is 0.244 e. The molecule has 0 atom stereocenters. The van der Waals surface area contributed by atoms with Crippen molar-refractivity contribution in [1.82, 2.24) is 10.2 Å². The average Bonchev–Trinajstić information content (AvgIpc) is 2.42. The van der Waals surface area contributed by atoms with E-state index in [1.54, 1.807) is 0 Å². The second kappa shape index (κ2) is 6.56. The summed E-state index contributed by atoms with van der Waals surface area (Å²) in [6, 6.07) is 5.73. The number of hydrogen-bond donors (Lipinski definition) is 2. The van der Waals surface area contributed by atoms with Crippen molar-refractivity contribution in [3.63, 3.8) is 0 Å². The summed E-state index contributed by atoms with van der Waals surface area (Å²) in [4.78, 5) is 14.8. The minimum atomic E-state index is -0.519. The predicted octanol–water partition coefficient (Wildman–Crippen LogP) is 2.83. The molecule has 0 saturated carbocycles. The van der Waals surface area contributed by atoms with Gasteiger partial charge in [-0.2, -0.15) is 0 Å². The van der Waals surface area contributed by atoms with Crippen LogP contribution in [0.25, 0.3) is 0 Å². The Kier molecular flexibility index (Phi) is 5.23. The topological polar surface area (TPSA) is 44.4 Å². The number of amides is 1. The predicted molar refractivity (Wildman–Crippen MR) is 89.0 cm³/mol. The first-order valence-electron chi connectivity index (χ1n) is 6.63. The molecule has 1 heterocycles. The van der Waals surface area contributed by atoms with E-state index in [-0.39, 0.29) is 5.91 Å². The molecule has 1 amide bonds. The van der Waals surface area contributed by atoms with E-state index in [0.717, 1.165) is 40.8 Å². The number of hydrogen-bond acceptors (Lipinski definition) is 3. The molecule has 6 heteroatoms. The molecule has 4 nitrogen and oxygen atoms in total. The van der Waals surface area contributed by atoms with Crippen LogP contribution in [-0.2, 0) is 4.79 Å². The number of rotatable bonds is 3. The fourth-order valence-corrected chi connectivity index (χ4v) is 3.38. The SMILES string of the molecule is CC(C)(C(=O)Nc1ccc(Br)cc1Br)N1CCNCC1. The normalized spacial score (nSPS) is 17.0. The van der Waals surface area contributed by atoms with Crippen LogP contribution in [0.15, 0.2) is 27.1 Å². The average molecular weight is 405 g/mol. The van der Waals surface area contributed by atoms with Gasteiger partial charge in [0.1, 0.15) is 0 Å². The van der Waals surface area contributed by atoms with Gasteiger partial charge < -0.3 is 10.6 Å². The Morgan fingerprint density at radius 2 is 1.95 bits per heavy atom. The molecule has 2 N–H and O–H groups in total. The van der Waals surface area contributed by atoms with Gasteiger partial charge >= 0.3 is 0 Å². The van der Waals surface area contributed by atoms with Gasteiger partial charge in [-0.25, -0.2) is 0 Å². The molecule has 1 saturated heterocycles. The molecule has 0 aliphatic carbocycles. The van der Waals surface area contributed by atoms with Gasteiger partial charge in [0.05, 0.1) is 11.2 Å². The van der Waals surface area contributed by atoms with Crippen LogP contribution in [0, 0.1) is 0 Å². The number of carbonyl (C=O) groups excluding carboxylic acids is 1. The maximum atomic E-state index is 12.6. The molecular weight excluding hydrogens is 386 g/mol. The lowest BCUT2D eigenvalue weighted by molar-refractivity contribution is -0.126. The van der Waals surface area contributed by atoms with Crippen LogP contribution in [0.3, 0.4) is 0 Å². The molecule has 1 aromatic rings. The van der Waals surface area contributed by atoms with Crippen molar-refractivity contribution in [1.29, 1.82) is 0 Å². The third-order valence-electron chi connectivity index (χ3n) is 3.64. The highest BCUT2D eigenvalue weighted by atomic mass is 79.9. The number of piperazine rings is 1. The second-order valence-corrected chi connectivity index (χ2v) is 7.14. The number of halogens is 2. The Morgan fingerprint density at radius 3 is 2.55 bits per heavy atom. The fourth-order valence-electron chi connectivity index (χ4n) is 2.23. The van der Waals surface area contributed by atoms with Crippen molar-refractivity contribution >= 4 is 43.5 Å². The van der Waals surface area contributed by atoms with Gasteiger partial charge in [-0.15, -0.1) is 0 Å². The lowest BCUT2D eigenvalue weighted by atomic mass is 10.0. The Bertz CT molecular complexity index is 499. The largest absolute Gasteiger partial charge is 0.323 e. The van der Waals surface area contributed by atoms with E-state index < -0.39 is 5.54 Å². The lowest BCUT2D eigenvalue weighted by Gasteiger charge is -2.39. The van der Waals surface area contributed by atoms with Crippen molar-refractivity contribution in [2.45, 2.75) is 19.4 Å². The van der Waals surface area contributed by atoms with Crippen molar-refractivity contribution in [3.05, 3.63) is 27.1 Å². The van der Waals surface area contributed by atoms with Crippen molar-refractivity contribution in [2.75, 3.05) is 31.5 Å². The molecule has 110 valence electrons. The van der Waals surface area contributed by atoms with E-state index in [1.807, 2.05) is 32.0 Å². The zero-order valence-corrected chi connectivity index (χ0v) is 14.8. The summed E-state index contributed by atoms with van der Waals surface area (Å²) in [7, 11) is 0. The molecule has 20 heavy (non-hydrogen) atoms. The van der Waals surface area contributed by atoms with E-state index in [2.05, 4.69) is 47.4 Å². The monoisotopic (exact) mass is 403 g/mol. The highest BCUT2D eigenvalue weighted by molar-refractivity contribution is 9.11. The molecule has 0 spiro atoms. The molecule has 1 fully saturated rings. The van der Waals surface area contributed by atoms with E-state index in [0.29, 0.717) is 0 Å². The van der Waals surface area contributed by atoms with E-state index >= 15 is 0 Å². The Labute approximate surface area is 136 Å². The van der Waals surface area contributed by atoms with Gasteiger partial charge in [0.2, 0.25) is 5.91 Å². The van der Waals surface area contributed by atoms with Gasteiger partial charge in [-0.05, 0) is 48.0 Å². The van der Waals surface area contributed by atoms with Crippen molar-refractivity contribution in [3.8, 4) is 0 Å². The standard InChI is InChI=1S/C14H19Br2N3O/c1-14(2,19-7-5-17-6-8-19)13(20)18-12-4-3-10(15)9-11(12)16/h3-4,9,17H,5-8H2,1-2H3,(H,18,20). The van der Waals surface area contributed by atoms with Gasteiger partial charge in [0.25, 0.3) is 0 Å². The molecule has 0 unspecified atom stereocenters. The Hall–Kier alpha value is -0.430. The van der Waals surface area contributed by atoms with Crippen LogP contribution >= 0.6 is 31.9 Å². The number of carbonyl (C=O) groups is 1. The van der Waals surface area contributed by atoms with Crippen LogP contribution < -0.4 is 10.6 Å². The summed E-state index contributed by atoms with van der Waals surface area (Å²) in [6.07, 6.45) is 0. The number of nitrogens with one attached hydrogen (secondary N) is 2. The lowest BCUT2D eigenvalue weighted by Crippen LogP contribution is -2.58. The number of nitrogens with zero attached hydrogens (tertiary/aromatic N) is 1. The number of anilines is 1. The van der Waals surface area contributed by atoms with Gasteiger partial charge in [0.15, 0.2) is 0 Å². The van der Waals surface area contributed by atoms with E-state index in [9.17, 15) is 4.79 Å². The van der Waals surface area contributed by atoms with Crippen LogP contribution in [0.1, 0.15) is 13.8 Å².